The summed E-state index contributed by atoms with van der Waals surface area (Å²) in [7, 11) is 0. The first kappa shape index (κ1) is 11.4. The van der Waals surface area contributed by atoms with Gasteiger partial charge in [-0.3, -0.25) is 0 Å². The SMILES string of the molecule is C1=C(c2ccccc2)CC2=C1CC1(CC2)OCCO1. The highest BCUT2D eigenvalue weighted by Crippen LogP contribution is 2.46. The molecule has 0 aromatic heterocycles. The van der Waals surface area contributed by atoms with E-state index >= 15 is 0 Å². The summed E-state index contributed by atoms with van der Waals surface area (Å²) < 4.78 is 11.7. The molecule has 3 aliphatic rings. The Balaban J connectivity index is 1.60. The summed E-state index contributed by atoms with van der Waals surface area (Å²) in [5, 5.41) is 0. The lowest BCUT2D eigenvalue weighted by Crippen LogP contribution is -2.33. The Labute approximate surface area is 113 Å². The summed E-state index contributed by atoms with van der Waals surface area (Å²) in [6.45, 7) is 1.50. The highest BCUT2D eigenvalue weighted by molar-refractivity contribution is 5.74. The first-order valence-electron chi connectivity index (χ1n) is 7.09. The Bertz CT molecular complexity index is 548. The summed E-state index contributed by atoms with van der Waals surface area (Å²) in [5.41, 5.74) is 5.83. The minimum absolute atomic E-state index is 0.304. The van der Waals surface area contributed by atoms with Crippen LogP contribution < -0.4 is 0 Å². The number of ether oxygens (including phenoxy) is 2. The molecule has 1 aromatic rings. The van der Waals surface area contributed by atoms with Crippen molar-refractivity contribution in [2.24, 2.45) is 0 Å². The van der Waals surface area contributed by atoms with Crippen LogP contribution in [-0.4, -0.2) is 19.0 Å². The predicted octanol–water partition coefficient (Wildman–Crippen LogP) is 3.70. The molecule has 0 saturated carbocycles. The smallest absolute Gasteiger partial charge is 0.172 e. The highest BCUT2D eigenvalue weighted by atomic mass is 16.7. The molecule has 2 aliphatic carbocycles. The summed E-state index contributed by atoms with van der Waals surface area (Å²) in [6.07, 6.45) is 6.52. The number of benzene rings is 1. The summed E-state index contributed by atoms with van der Waals surface area (Å²) in [5.74, 6) is -0.304. The van der Waals surface area contributed by atoms with Gasteiger partial charge in [0.25, 0.3) is 0 Å². The molecular formula is C17H18O2. The van der Waals surface area contributed by atoms with E-state index in [0.717, 1.165) is 38.9 Å². The van der Waals surface area contributed by atoms with Crippen molar-refractivity contribution in [1.82, 2.24) is 0 Å². The molecule has 2 nitrogen and oxygen atoms in total. The Morgan fingerprint density at radius 3 is 2.58 bits per heavy atom. The van der Waals surface area contributed by atoms with Gasteiger partial charge >= 0.3 is 0 Å². The van der Waals surface area contributed by atoms with Crippen LogP contribution in [0.15, 0.2) is 47.6 Å². The average Bonchev–Trinajstić information content (AvgIpc) is 3.07. The molecule has 19 heavy (non-hydrogen) atoms. The molecule has 0 unspecified atom stereocenters. The molecule has 1 aromatic carbocycles. The van der Waals surface area contributed by atoms with Crippen LogP contribution in [0.4, 0.5) is 0 Å². The topological polar surface area (TPSA) is 18.5 Å². The van der Waals surface area contributed by atoms with Crippen LogP contribution in [0.25, 0.3) is 5.57 Å². The predicted molar refractivity (Wildman–Crippen MR) is 74.5 cm³/mol. The van der Waals surface area contributed by atoms with Crippen LogP contribution in [0.1, 0.15) is 31.2 Å². The lowest BCUT2D eigenvalue weighted by molar-refractivity contribution is -0.162. The Morgan fingerprint density at radius 1 is 1.00 bits per heavy atom. The highest BCUT2D eigenvalue weighted by Gasteiger charge is 2.41. The molecule has 0 atom stereocenters. The van der Waals surface area contributed by atoms with Gasteiger partial charge in [0.15, 0.2) is 5.79 Å². The van der Waals surface area contributed by atoms with Gasteiger partial charge in [-0.25, -0.2) is 0 Å². The molecule has 1 saturated heterocycles. The van der Waals surface area contributed by atoms with Crippen molar-refractivity contribution >= 4 is 5.57 Å². The number of allylic oxidation sites excluding steroid dienone is 3. The summed E-state index contributed by atoms with van der Waals surface area (Å²) in [6, 6.07) is 10.7. The quantitative estimate of drug-likeness (QED) is 0.761. The van der Waals surface area contributed by atoms with Crippen LogP contribution >= 0.6 is 0 Å². The van der Waals surface area contributed by atoms with Gasteiger partial charge in [0.1, 0.15) is 0 Å². The van der Waals surface area contributed by atoms with E-state index in [1.165, 1.54) is 16.7 Å². The molecule has 0 bridgehead atoms. The first-order chi connectivity index (χ1) is 9.35. The molecule has 1 aliphatic heterocycles. The lowest BCUT2D eigenvalue weighted by Gasteiger charge is -2.32. The fourth-order valence-corrected chi connectivity index (χ4v) is 3.43. The Kier molecular flexibility index (Phi) is 2.61. The van der Waals surface area contributed by atoms with E-state index < -0.39 is 0 Å². The van der Waals surface area contributed by atoms with E-state index in [2.05, 4.69) is 36.4 Å². The van der Waals surface area contributed by atoms with Crippen molar-refractivity contribution < 1.29 is 9.47 Å². The van der Waals surface area contributed by atoms with Crippen molar-refractivity contribution in [3.8, 4) is 0 Å². The van der Waals surface area contributed by atoms with Crippen LogP contribution in [0, 0.1) is 0 Å². The maximum Gasteiger partial charge on any atom is 0.172 e. The zero-order valence-electron chi connectivity index (χ0n) is 11.0. The first-order valence-corrected chi connectivity index (χ1v) is 7.09. The normalized spacial score (nSPS) is 24.7. The third-order valence-corrected chi connectivity index (χ3v) is 4.43. The summed E-state index contributed by atoms with van der Waals surface area (Å²) >= 11 is 0. The third kappa shape index (κ3) is 1.96. The van der Waals surface area contributed by atoms with Crippen LogP contribution in [0.3, 0.4) is 0 Å². The minimum Gasteiger partial charge on any atom is -0.347 e. The molecule has 4 rings (SSSR count). The largest absolute Gasteiger partial charge is 0.347 e. The van der Waals surface area contributed by atoms with Crippen LogP contribution in [0.5, 0.6) is 0 Å². The van der Waals surface area contributed by atoms with Crippen molar-refractivity contribution in [1.29, 1.82) is 0 Å². The second-order valence-electron chi connectivity index (χ2n) is 5.63. The summed E-state index contributed by atoms with van der Waals surface area (Å²) in [4.78, 5) is 0. The van der Waals surface area contributed by atoms with Gasteiger partial charge in [-0.1, -0.05) is 42.0 Å². The molecule has 0 radical (unpaired) electrons. The van der Waals surface area contributed by atoms with E-state index in [1.807, 2.05) is 0 Å². The molecular weight excluding hydrogens is 236 g/mol. The van der Waals surface area contributed by atoms with Crippen molar-refractivity contribution in [2.45, 2.75) is 31.5 Å². The van der Waals surface area contributed by atoms with Gasteiger partial charge < -0.3 is 9.47 Å². The minimum atomic E-state index is -0.304. The monoisotopic (exact) mass is 254 g/mol. The molecule has 0 amide bonds. The van der Waals surface area contributed by atoms with Crippen molar-refractivity contribution in [3.05, 3.63) is 53.1 Å². The molecule has 1 fully saturated rings. The van der Waals surface area contributed by atoms with E-state index in [0.29, 0.717) is 0 Å². The van der Waals surface area contributed by atoms with Gasteiger partial charge in [0, 0.05) is 12.8 Å². The number of rotatable bonds is 1. The van der Waals surface area contributed by atoms with Gasteiger partial charge in [-0.15, -0.1) is 0 Å². The molecule has 2 heteroatoms. The van der Waals surface area contributed by atoms with Crippen LogP contribution in [0.2, 0.25) is 0 Å². The third-order valence-electron chi connectivity index (χ3n) is 4.43. The average molecular weight is 254 g/mol. The Morgan fingerprint density at radius 2 is 1.79 bits per heavy atom. The fourth-order valence-electron chi connectivity index (χ4n) is 3.43. The van der Waals surface area contributed by atoms with Crippen molar-refractivity contribution in [3.63, 3.8) is 0 Å². The van der Waals surface area contributed by atoms with Gasteiger partial charge in [-0.2, -0.15) is 0 Å². The fraction of sp³-hybridized carbons (Fsp3) is 0.412. The van der Waals surface area contributed by atoms with E-state index in [1.54, 1.807) is 5.57 Å². The van der Waals surface area contributed by atoms with Gasteiger partial charge in [0.2, 0.25) is 0 Å². The second kappa shape index (κ2) is 4.32. The zero-order valence-corrected chi connectivity index (χ0v) is 11.0. The van der Waals surface area contributed by atoms with Gasteiger partial charge in [0.05, 0.1) is 13.2 Å². The molecule has 0 N–H and O–H groups in total. The van der Waals surface area contributed by atoms with E-state index in [4.69, 9.17) is 9.47 Å². The number of hydrogen-bond acceptors (Lipinski definition) is 2. The van der Waals surface area contributed by atoms with Crippen molar-refractivity contribution in [2.75, 3.05) is 13.2 Å². The zero-order chi connectivity index (χ0) is 12.7. The maximum absolute atomic E-state index is 5.84. The second-order valence-corrected chi connectivity index (χ2v) is 5.63. The standard InChI is InChI=1S/C17H18O2/c1-2-4-13(5-3-1)15-10-14-6-7-17(12-16(14)11-15)18-8-9-19-17/h1-5,11H,6-10,12H2. The lowest BCUT2D eigenvalue weighted by atomic mass is 9.88. The van der Waals surface area contributed by atoms with Gasteiger partial charge in [-0.05, 0) is 29.6 Å². The molecule has 1 heterocycles. The molecule has 98 valence electrons. The van der Waals surface area contributed by atoms with Crippen LogP contribution in [-0.2, 0) is 9.47 Å². The number of hydrogen-bond donors (Lipinski definition) is 0. The van der Waals surface area contributed by atoms with E-state index in [-0.39, 0.29) is 5.79 Å². The van der Waals surface area contributed by atoms with E-state index in [9.17, 15) is 0 Å². The molecule has 1 spiro atoms. The maximum atomic E-state index is 5.84. The Hall–Kier alpha value is -1.38.